The SMILES string of the molecule is O=C(CN1CCC(CO)C1)Nc1ccc(-n2ccccc2=O)cc1F. The van der Waals surface area contributed by atoms with E-state index in [1.807, 2.05) is 4.90 Å². The van der Waals surface area contributed by atoms with Gasteiger partial charge in [-0.2, -0.15) is 0 Å². The maximum atomic E-state index is 14.3. The summed E-state index contributed by atoms with van der Waals surface area (Å²) in [6, 6.07) is 8.94. The normalized spacial score (nSPS) is 17.6. The highest BCUT2D eigenvalue weighted by Gasteiger charge is 2.23. The number of carbonyl (C=O) groups is 1. The molecule has 2 aromatic rings. The average Bonchev–Trinajstić information content (AvgIpc) is 3.04. The molecule has 1 fully saturated rings. The molecule has 0 radical (unpaired) electrons. The van der Waals surface area contributed by atoms with E-state index in [1.165, 1.54) is 22.8 Å². The third-order valence-electron chi connectivity index (χ3n) is 4.32. The Morgan fingerprint density at radius 1 is 1.32 bits per heavy atom. The number of amides is 1. The van der Waals surface area contributed by atoms with Gasteiger partial charge >= 0.3 is 0 Å². The summed E-state index contributed by atoms with van der Waals surface area (Å²) in [6.07, 6.45) is 2.42. The Balaban J connectivity index is 1.66. The third kappa shape index (κ3) is 4.12. The molecule has 1 amide bonds. The fraction of sp³-hybridized carbons (Fsp3) is 0.333. The number of aliphatic hydroxyl groups excluding tert-OH is 1. The maximum Gasteiger partial charge on any atom is 0.255 e. The number of nitrogens with zero attached hydrogens (tertiary/aromatic N) is 2. The van der Waals surface area contributed by atoms with Crippen molar-refractivity contribution in [2.24, 2.45) is 5.92 Å². The summed E-state index contributed by atoms with van der Waals surface area (Å²) in [5, 5.41) is 11.7. The minimum Gasteiger partial charge on any atom is -0.396 e. The van der Waals surface area contributed by atoms with Crippen molar-refractivity contribution in [2.45, 2.75) is 6.42 Å². The van der Waals surface area contributed by atoms with Gasteiger partial charge in [-0.25, -0.2) is 4.39 Å². The lowest BCUT2D eigenvalue weighted by atomic mass is 10.1. The Labute approximate surface area is 144 Å². The summed E-state index contributed by atoms with van der Waals surface area (Å²) in [7, 11) is 0. The summed E-state index contributed by atoms with van der Waals surface area (Å²) < 4.78 is 15.6. The highest BCUT2D eigenvalue weighted by molar-refractivity contribution is 5.92. The number of likely N-dealkylation sites (tertiary alicyclic amines) is 1. The Morgan fingerprint density at radius 3 is 2.84 bits per heavy atom. The molecule has 2 N–H and O–H groups in total. The molecule has 0 bridgehead atoms. The zero-order valence-electron chi connectivity index (χ0n) is 13.7. The smallest absolute Gasteiger partial charge is 0.255 e. The van der Waals surface area contributed by atoms with E-state index in [4.69, 9.17) is 5.11 Å². The van der Waals surface area contributed by atoms with E-state index in [-0.39, 0.29) is 36.2 Å². The first kappa shape index (κ1) is 17.3. The van der Waals surface area contributed by atoms with Crippen LogP contribution in [0.3, 0.4) is 0 Å². The molecular formula is C18H20FN3O3. The van der Waals surface area contributed by atoms with Crippen molar-refractivity contribution >= 4 is 11.6 Å². The van der Waals surface area contributed by atoms with Gasteiger partial charge in [0.1, 0.15) is 5.82 Å². The predicted octanol–water partition coefficient (Wildman–Crippen LogP) is 1.23. The average molecular weight is 345 g/mol. The highest BCUT2D eigenvalue weighted by atomic mass is 19.1. The number of halogens is 1. The van der Waals surface area contributed by atoms with Crippen LogP contribution in [0.15, 0.2) is 47.4 Å². The second kappa shape index (κ2) is 7.58. The van der Waals surface area contributed by atoms with Crippen molar-refractivity contribution in [3.63, 3.8) is 0 Å². The third-order valence-corrected chi connectivity index (χ3v) is 4.32. The summed E-state index contributed by atoms with van der Waals surface area (Å²) in [5.41, 5.74) is 0.216. The second-order valence-electron chi connectivity index (χ2n) is 6.19. The minimum absolute atomic E-state index is 0.0793. The summed E-state index contributed by atoms with van der Waals surface area (Å²) in [4.78, 5) is 25.8. The zero-order chi connectivity index (χ0) is 17.8. The van der Waals surface area contributed by atoms with Crippen molar-refractivity contribution in [3.05, 3.63) is 58.8 Å². The molecule has 7 heteroatoms. The number of pyridine rings is 1. The number of aliphatic hydroxyl groups is 1. The van der Waals surface area contributed by atoms with Gasteiger partial charge in [0, 0.05) is 31.5 Å². The molecule has 1 saturated heterocycles. The van der Waals surface area contributed by atoms with Crippen molar-refractivity contribution in [1.29, 1.82) is 0 Å². The molecule has 0 spiro atoms. The van der Waals surface area contributed by atoms with Gasteiger partial charge in [0.2, 0.25) is 5.91 Å². The zero-order valence-corrected chi connectivity index (χ0v) is 13.7. The van der Waals surface area contributed by atoms with E-state index in [2.05, 4.69) is 5.32 Å². The van der Waals surface area contributed by atoms with Crippen molar-refractivity contribution < 1.29 is 14.3 Å². The fourth-order valence-electron chi connectivity index (χ4n) is 2.99. The lowest BCUT2D eigenvalue weighted by Crippen LogP contribution is -2.32. The van der Waals surface area contributed by atoms with E-state index in [0.717, 1.165) is 13.0 Å². The largest absolute Gasteiger partial charge is 0.396 e. The molecule has 0 aliphatic carbocycles. The van der Waals surface area contributed by atoms with Crippen LogP contribution < -0.4 is 10.9 Å². The molecule has 2 heterocycles. The van der Waals surface area contributed by atoms with Gasteiger partial charge < -0.3 is 10.4 Å². The number of nitrogens with one attached hydrogen (secondary N) is 1. The standard InChI is InChI=1S/C18H20FN3O3/c19-15-9-14(22-7-2-1-3-18(22)25)4-5-16(15)20-17(24)11-21-8-6-13(10-21)12-23/h1-5,7,9,13,23H,6,8,10-12H2,(H,20,24). The number of aromatic nitrogens is 1. The van der Waals surface area contributed by atoms with Crippen LogP contribution >= 0.6 is 0 Å². The molecule has 6 nitrogen and oxygen atoms in total. The Morgan fingerprint density at radius 2 is 2.16 bits per heavy atom. The van der Waals surface area contributed by atoms with Crippen molar-refractivity contribution in [3.8, 4) is 5.69 Å². The van der Waals surface area contributed by atoms with Crippen LogP contribution in [0.1, 0.15) is 6.42 Å². The molecule has 0 saturated carbocycles. The predicted molar refractivity (Wildman–Crippen MR) is 92.3 cm³/mol. The quantitative estimate of drug-likeness (QED) is 0.855. The van der Waals surface area contributed by atoms with E-state index in [9.17, 15) is 14.0 Å². The summed E-state index contributed by atoms with van der Waals surface area (Å²) >= 11 is 0. The maximum absolute atomic E-state index is 14.3. The molecule has 1 aromatic heterocycles. The van der Waals surface area contributed by atoms with Gasteiger partial charge in [-0.05, 0) is 37.1 Å². The molecule has 1 aliphatic rings. The second-order valence-corrected chi connectivity index (χ2v) is 6.19. The number of rotatable bonds is 5. The van der Waals surface area contributed by atoms with Crippen LogP contribution in [-0.4, -0.2) is 46.7 Å². The summed E-state index contributed by atoms with van der Waals surface area (Å²) in [5.74, 6) is -0.702. The first-order valence-electron chi connectivity index (χ1n) is 8.17. The molecule has 1 aliphatic heterocycles. The van der Waals surface area contributed by atoms with E-state index in [1.54, 1.807) is 24.4 Å². The molecule has 1 aromatic carbocycles. The number of anilines is 1. The van der Waals surface area contributed by atoms with Gasteiger partial charge in [-0.1, -0.05) is 6.07 Å². The van der Waals surface area contributed by atoms with Gasteiger partial charge in [-0.15, -0.1) is 0 Å². The van der Waals surface area contributed by atoms with Crippen molar-refractivity contribution in [1.82, 2.24) is 9.47 Å². The topological polar surface area (TPSA) is 74.6 Å². The Kier molecular flexibility index (Phi) is 5.25. The Hall–Kier alpha value is -2.51. The number of hydrogen-bond donors (Lipinski definition) is 2. The fourth-order valence-corrected chi connectivity index (χ4v) is 2.99. The Bertz CT molecular complexity index is 821. The van der Waals surface area contributed by atoms with Gasteiger partial charge in [0.05, 0.1) is 17.9 Å². The van der Waals surface area contributed by atoms with Crippen LogP contribution in [0.2, 0.25) is 0 Å². The number of benzene rings is 1. The van der Waals surface area contributed by atoms with Gasteiger partial charge in [0.25, 0.3) is 5.56 Å². The van der Waals surface area contributed by atoms with E-state index >= 15 is 0 Å². The van der Waals surface area contributed by atoms with Crippen LogP contribution in [0.25, 0.3) is 5.69 Å². The molecule has 1 atom stereocenters. The molecule has 25 heavy (non-hydrogen) atoms. The van der Waals surface area contributed by atoms with Crippen molar-refractivity contribution in [2.75, 3.05) is 31.6 Å². The summed E-state index contributed by atoms with van der Waals surface area (Å²) in [6.45, 7) is 1.70. The van der Waals surface area contributed by atoms with Gasteiger partial charge in [-0.3, -0.25) is 19.1 Å². The molecular weight excluding hydrogens is 325 g/mol. The first-order valence-corrected chi connectivity index (χ1v) is 8.17. The highest BCUT2D eigenvalue weighted by Crippen LogP contribution is 2.19. The molecule has 1 unspecified atom stereocenters. The number of carbonyl (C=O) groups excluding carboxylic acids is 1. The molecule has 132 valence electrons. The van der Waals surface area contributed by atoms with E-state index in [0.29, 0.717) is 12.2 Å². The van der Waals surface area contributed by atoms with Crippen LogP contribution in [-0.2, 0) is 4.79 Å². The first-order chi connectivity index (χ1) is 12.1. The molecule has 3 rings (SSSR count). The van der Waals surface area contributed by atoms with Crippen LogP contribution in [0, 0.1) is 11.7 Å². The van der Waals surface area contributed by atoms with Gasteiger partial charge in [0.15, 0.2) is 0 Å². The minimum atomic E-state index is -0.601. The number of hydrogen-bond acceptors (Lipinski definition) is 4. The monoisotopic (exact) mass is 345 g/mol. The lowest BCUT2D eigenvalue weighted by Gasteiger charge is -2.15. The van der Waals surface area contributed by atoms with Crippen LogP contribution in [0.5, 0.6) is 0 Å². The van der Waals surface area contributed by atoms with Crippen LogP contribution in [0.4, 0.5) is 10.1 Å². The van der Waals surface area contributed by atoms with E-state index < -0.39 is 5.82 Å². The lowest BCUT2D eigenvalue weighted by molar-refractivity contribution is -0.117.